The van der Waals surface area contributed by atoms with Crippen molar-refractivity contribution in [2.75, 3.05) is 20.8 Å². The maximum Gasteiger partial charge on any atom is 0.293 e. The SMILES string of the molecule is COCC1=CC2CB(OC)CC(C1C)C2C. The van der Waals surface area contributed by atoms with Crippen LogP contribution < -0.4 is 0 Å². The van der Waals surface area contributed by atoms with Gasteiger partial charge in [0.05, 0.1) is 6.61 Å². The standard InChI is InChI=1S/C13H23BO2/c1-9-11-5-12(8-15-3)10(2)13(9)7-14(6-11)16-4/h5,9-11,13H,6-8H2,1-4H3. The summed E-state index contributed by atoms with van der Waals surface area (Å²) in [5, 5.41) is 0. The molecule has 2 nitrogen and oxygen atoms in total. The minimum atomic E-state index is 0.467. The molecule has 0 aromatic heterocycles. The van der Waals surface area contributed by atoms with Crippen LogP contribution in [0.25, 0.3) is 0 Å². The first-order valence-corrected chi connectivity index (χ1v) is 6.39. The molecule has 3 heteroatoms. The highest BCUT2D eigenvalue weighted by molar-refractivity contribution is 6.52. The highest BCUT2D eigenvalue weighted by atomic mass is 16.5. The summed E-state index contributed by atoms with van der Waals surface area (Å²) in [6.45, 7) is 6.02. The van der Waals surface area contributed by atoms with Crippen LogP contribution in [0.1, 0.15) is 13.8 Å². The van der Waals surface area contributed by atoms with E-state index in [2.05, 4.69) is 19.9 Å². The lowest BCUT2D eigenvalue weighted by atomic mass is 9.43. The van der Waals surface area contributed by atoms with Gasteiger partial charge < -0.3 is 9.39 Å². The second kappa shape index (κ2) is 4.93. The van der Waals surface area contributed by atoms with Crippen LogP contribution in [-0.2, 0) is 9.39 Å². The predicted octanol–water partition coefficient (Wildman–Crippen LogP) is 2.73. The van der Waals surface area contributed by atoms with Crippen LogP contribution in [0.3, 0.4) is 0 Å². The summed E-state index contributed by atoms with van der Waals surface area (Å²) in [6, 6.07) is 0. The van der Waals surface area contributed by atoms with Crippen molar-refractivity contribution in [3.63, 3.8) is 0 Å². The molecule has 1 fully saturated rings. The van der Waals surface area contributed by atoms with Crippen LogP contribution in [0.4, 0.5) is 0 Å². The lowest BCUT2D eigenvalue weighted by Gasteiger charge is -2.45. The molecule has 90 valence electrons. The molecular weight excluding hydrogens is 199 g/mol. The molecule has 0 aromatic carbocycles. The van der Waals surface area contributed by atoms with E-state index in [1.807, 2.05) is 7.11 Å². The van der Waals surface area contributed by atoms with Gasteiger partial charge >= 0.3 is 0 Å². The molecule has 1 aliphatic carbocycles. The summed E-state index contributed by atoms with van der Waals surface area (Å²) in [5.74, 6) is 2.94. The molecule has 0 amide bonds. The Labute approximate surface area is 99.5 Å². The molecule has 0 spiro atoms. The van der Waals surface area contributed by atoms with Crippen molar-refractivity contribution in [1.82, 2.24) is 0 Å². The molecule has 0 radical (unpaired) electrons. The number of methoxy groups -OCH3 is 1. The van der Waals surface area contributed by atoms with E-state index in [0.29, 0.717) is 18.8 Å². The van der Waals surface area contributed by atoms with E-state index in [-0.39, 0.29) is 0 Å². The average Bonchev–Trinajstić information content (AvgIpc) is 2.27. The van der Waals surface area contributed by atoms with Gasteiger partial charge in [0.25, 0.3) is 6.92 Å². The molecule has 0 saturated carbocycles. The van der Waals surface area contributed by atoms with Crippen molar-refractivity contribution in [1.29, 1.82) is 0 Å². The smallest absolute Gasteiger partial charge is 0.293 e. The Morgan fingerprint density at radius 3 is 2.69 bits per heavy atom. The van der Waals surface area contributed by atoms with Crippen LogP contribution in [-0.4, -0.2) is 27.7 Å². The third kappa shape index (κ3) is 2.08. The highest BCUT2D eigenvalue weighted by Crippen LogP contribution is 2.47. The largest absolute Gasteiger partial charge is 0.438 e. The van der Waals surface area contributed by atoms with Gasteiger partial charge in [-0.1, -0.05) is 19.9 Å². The lowest BCUT2D eigenvalue weighted by Crippen LogP contribution is -2.42. The molecule has 2 aliphatic rings. The second-order valence-corrected chi connectivity index (χ2v) is 5.48. The first-order chi connectivity index (χ1) is 7.67. The minimum absolute atomic E-state index is 0.467. The quantitative estimate of drug-likeness (QED) is 0.540. The molecule has 0 N–H and O–H groups in total. The fourth-order valence-corrected chi connectivity index (χ4v) is 3.57. The van der Waals surface area contributed by atoms with E-state index >= 15 is 0 Å². The number of ether oxygens (including phenoxy) is 1. The number of hydrogen-bond donors (Lipinski definition) is 0. The molecule has 2 rings (SSSR count). The van der Waals surface area contributed by atoms with Crippen molar-refractivity contribution in [3.05, 3.63) is 11.6 Å². The zero-order valence-corrected chi connectivity index (χ0v) is 10.9. The Balaban J connectivity index is 2.18. The number of allylic oxidation sites excluding steroid dienone is 1. The third-order valence-electron chi connectivity index (χ3n) is 4.72. The Morgan fingerprint density at radius 1 is 1.31 bits per heavy atom. The van der Waals surface area contributed by atoms with Crippen LogP contribution in [0.15, 0.2) is 11.6 Å². The normalized spacial score (nSPS) is 38.5. The van der Waals surface area contributed by atoms with Gasteiger partial charge in [-0.2, -0.15) is 0 Å². The fraction of sp³-hybridized carbons (Fsp3) is 0.846. The summed E-state index contributed by atoms with van der Waals surface area (Å²) in [5.41, 5.74) is 1.50. The zero-order valence-electron chi connectivity index (χ0n) is 10.9. The number of hydrogen-bond acceptors (Lipinski definition) is 2. The summed E-state index contributed by atoms with van der Waals surface area (Å²) in [6.07, 6.45) is 4.87. The van der Waals surface area contributed by atoms with Crippen LogP contribution >= 0.6 is 0 Å². The first-order valence-electron chi connectivity index (χ1n) is 6.39. The average molecular weight is 222 g/mol. The molecule has 0 aromatic rings. The van der Waals surface area contributed by atoms with Crippen molar-refractivity contribution in [2.24, 2.45) is 23.7 Å². The molecule has 1 saturated heterocycles. The third-order valence-corrected chi connectivity index (χ3v) is 4.72. The van der Waals surface area contributed by atoms with Gasteiger partial charge in [-0.3, -0.25) is 0 Å². The van der Waals surface area contributed by atoms with Crippen molar-refractivity contribution < 1.29 is 9.39 Å². The van der Waals surface area contributed by atoms with Crippen LogP contribution in [0.2, 0.25) is 12.6 Å². The van der Waals surface area contributed by atoms with E-state index in [4.69, 9.17) is 9.39 Å². The van der Waals surface area contributed by atoms with Gasteiger partial charge in [0, 0.05) is 14.2 Å². The van der Waals surface area contributed by atoms with E-state index in [1.165, 1.54) is 18.2 Å². The number of fused-ring (bicyclic) bond motifs is 2. The van der Waals surface area contributed by atoms with Gasteiger partial charge in [0.2, 0.25) is 0 Å². The minimum Gasteiger partial charge on any atom is -0.438 e. The highest BCUT2D eigenvalue weighted by Gasteiger charge is 2.42. The maximum absolute atomic E-state index is 5.56. The van der Waals surface area contributed by atoms with Crippen LogP contribution in [0, 0.1) is 23.7 Å². The van der Waals surface area contributed by atoms with Gasteiger partial charge in [-0.05, 0) is 41.9 Å². The number of rotatable bonds is 3. The second-order valence-electron chi connectivity index (χ2n) is 5.48. The molecule has 2 bridgehead atoms. The van der Waals surface area contributed by atoms with Crippen molar-refractivity contribution in [2.45, 2.75) is 26.5 Å². The summed E-state index contributed by atoms with van der Waals surface area (Å²) >= 11 is 0. The Bertz CT molecular complexity index is 277. The summed E-state index contributed by atoms with van der Waals surface area (Å²) in [7, 11) is 3.64. The lowest BCUT2D eigenvalue weighted by molar-refractivity contribution is 0.165. The fourth-order valence-electron chi connectivity index (χ4n) is 3.57. The van der Waals surface area contributed by atoms with Crippen LogP contribution in [0.5, 0.6) is 0 Å². The zero-order chi connectivity index (χ0) is 11.7. The Kier molecular flexibility index (Phi) is 3.75. The molecule has 1 aliphatic heterocycles. The van der Waals surface area contributed by atoms with Crippen molar-refractivity contribution in [3.8, 4) is 0 Å². The van der Waals surface area contributed by atoms with Crippen molar-refractivity contribution >= 4 is 6.92 Å². The maximum atomic E-state index is 5.56. The van der Waals surface area contributed by atoms with Gasteiger partial charge in [0.1, 0.15) is 0 Å². The predicted molar refractivity (Wildman–Crippen MR) is 67.6 cm³/mol. The van der Waals surface area contributed by atoms with E-state index < -0.39 is 0 Å². The van der Waals surface area contributed by atoms with E-state index in [0.717, 1.165) is 18.4 Å². The van der Waals surface area contributed by atoms with E-state index in [1.54, 1.807) is 7.11 Å². The monoisotopic (exact) mass is 222 g/mol. The molecular formula is C13H23BO2. The van der Waals surface area contributed by atoms with E-state index in [9.17, 15) is 0 Å². The Hall–Kier alpha value is -0.275. The topological polar surface area (TPSA) is 18.5 Å². The summed E-state index contributed by atoms with van der Waals surface area (Å²) < 4.78 is 10.9. The molecule has 1 heterocycles. The molecule has 4 unspecified atom stereocenters. The Morgan fingerprint density at radius 2 is 2.06 bits per heavy atom. The molecule has 4 atom stereocenters. The first kappa shape index (κ1) is 12.2. The molecule has 16 heavy (non-hydrogen) atoms. The van der Waals surface area contributed by atoms with Gasteiger partial charge in [-0.15, -0.1) is 0 Å². The van der Waals surface area contributed by atoms with Gasteiger partial charge in [0.15, 0.2) is 0 Å². The summed E-state index contributed by atoms with van der Waals surface area (Å²) in [4.78, 5) is 0. The van der Waals surface area contributed by atoms with Gasteiger partial charge in [-0.25, -0.2) is 0 Å².